The third-order valence-electron chi connectivity index (χ3n) is 3.91. The van der Waals surface area contributed by atoms with Crippen LogP contribution in [0.2, 0.25) is 0 Å². The summed E-state index contributed by atoms with van der Waals surface area (Å²) < 4.78 is 43.4. The van der Waals surface area contributed by atoms with Crippen LogP contribution in [-0.4, -0.2) is 12.5 Å². The largest absolute Gasteiger partial charge is 0.484 e. The van der Waals surface area contributed by atoms with Crippen molar-refractivity contribution in [1.82, 2.24) is 0 Å². The third kappa shape index (κ3) is 5.59. The molecule has 1 heterocycles. The SMILES string of the molecule is N#Cc1cc(Cc2ccccc2)sc1NC(=O)COc1cccc(C(F)(F)F)c1. The molecule has 1 amide bonds. The Kier molecular flexibility index (Phi) is 6.20. The van der Waals surface area contributed by atoms with Crippen LogP contribution in [-0.2, 0) is 17.4 Å². The first-order chi connectivity index (χ1) is 13.8. The molecule has 0 unspecified atom stereocenters. The number of halogens is 3. The quantitative estimate of drug-likeness (QED) is 0.597. The van der Waals surface area contributed by atoms with Gasteiger partial charge in [0.15, 0.2) is 6.61 Å². The number of carbonyl (C=O) groups is 1. The van der Waals surface area contributed by atoms with Crippen molar-refractivity contribution in [3.8, 4) is 11.8 Å². The van der Waals surface area contributed by atoms with Crippen LogP contribution < -0.4 is 10.1 Å². The normalized spacial score (nSPS) is 11.0. The van der Waals surface area contributed by atoms with Crippen LogP contribution in [0.1, 0.15) is 21.6 Å². The molecule has 0 spiro atoms. The number of carbonyl (C=O) groups excluding carboxylic acids is 1. The molecule has 0 saturated carbocycles. The highest BCUT2D eigenvalue weighted by Crippen LogP contribution is 2.32. The van der Waals surface area contributed by atoms with E-state index < -0.39 is 24.3 Å². The fourth-order valence-electron chi connectivity index (χ4n) is 2.58. The van der Waals surface area contributed by atoms with Gasteiger partial charge in [-0.15, -0.1) is 11.3 Å². The number of nitrogens with one attached hydrogen (secondary N) is 1. The lowest BCUT2D eigenvalue weighted by Gasteiger charge is -2.10. The van der Waals surface area contributed by atoms with Crippen molar-refractivity contribution in [3.05, 3.63) is 82.2 Å². The van der Waals surface area contributed by atoms with Crippen LogP contribution >= 0.6 is 11.3 Å². The number of hydrogen-bond acceptors (Lipinski definition) is 4. The van der Waals surface area contributed by atoms with Crippen molar-refractivity contribution < 1.29 is 22.7 Å². The molecule has 0 atom stereocenters. The van der Waals surface area contributed by atoms with Crippen LogP contribution in [0.3, 0.4) is 0 Å². The van der Waals surface area contributed by atoms with Crippen molar-refractivity contribution in [2.24, 2.45) is 0 Å². The topological polar surface area (TPSA) is 62.1 Å². The average Bonchev–Trinajstić information content (AvgIpc) is 3.08. The van der Waals surface area contributed by atoms with E-state index in [0.717, 1.165) is 22.6 Å². The second-order valence-corrected chi connectivity index (χ2v) is 7.23. The number of ether oxygens (including phenoxy) is 1. The summed E-state index contributed by atoms with van der Waals surface area (Å²) >= 11 is 1.28. The predicted molar refractivity (Wildman–Crippen MR) is 104 cm³/mol. The summed E-state index contributed by atoms with van der Waals surface area (Å²) in [4.78, 5) is 13.0. The maximum Gasteiger partial charge on any atom is 0.416 e. The van der Waals surface area contributed by atoms with Gasteiger partial charge in [-0.3, -0.25) is 4.79 Å². The molecule has 1 aromatic heterocycles. The number of nitriles is 1. The van der Waals surface area contributed by atoms with E-state index in [1.807, 2.05) is 36.4 Å². The minimum atomic E-state index is -4.49. The van der Waals surface area contributed by atoms with E-state index in [-0.39, 0.29) is 5.75 Å². The molecule has 8 heteroatoms. The van der Waals surface area contributed by atoms with Crippen molar-refractivity contribution in [2.75, 3.05) is 11.9 Å². The summed E-state index contributed by atoms with van der Waals surface area (Å²) in [5, 5.41) is 12.3. The smallest absolute Gasteiger partial charge is 0.416 e. The highest BCUT2D eigenvalue weighted by Gasteiger charge is 2.30. The molecule has 0 aliphatic rings. The highest BCUT2D eigenvalue weighted by atomic mass is 32.1. The molecule has 29 heavy (non-hydrogen) atoms. The number of alkyl halides is 3. The first-order valence-corrected chi connectivity index (χ1v) is 9.33. The average molecular weight is 416 g/mol. The standard InChI is InChI=1S/C21H15F3N2O2S/c22-21(23,24)16-7-4-8-17(11-16)28-13-19(27)26-20-15(12-25)10-18(29-20)9-14-5-2-1-3-6-14/h1-8,10-11H,9,13H2,(H,26,27). The number of amides is 1. The lowest BCUT2D eigenvalue weighted by atomic mass is 10.1. The van der Waals surface area contributed by atoms with Crippen molar-refractivity contribution in [2.45, 2.75) is 12.6 Å². The van der Waals surface area contributed by atoms with Gasteiger partial charge >= 0.3 is 6.18 Å². The van der Waals surface area contributed by atoms with E-state index in [2.05, 4.69) is 5.32 Å². The molecule has 3 rings (SSSR count). The Labute approximate surface area is 169 Å². The summed E-state index contributed by atoms with van der Waals surface area (Å²) in [6.07, 6.45) is -3.87. The summed E-state index contributed by atoms with van der Waals surface area (Å²) in [5.74, 6) is -0.626. The van der Waals surface area contributed by atoms with E-state index >= 15 is 0 Å². The maximum absolute atomic E-state index is 12.7. The fourth-order valence-corrected chi connectivity index (χ4v) is 3.63. The molecule has 1 N–H and O–H groups in total. The summed E-state index contributed by atoms with van der Waals surface area (Å²) in [5.41, 5.74) is 0.545. The van der Waals surface area contributed by atoms with Gasteiger partial charge in [-0.2, -0.15) is 18.4 Å². The van der Waals surface area contributed by atoms with Crippen LogP contribution in [0, 0.1) is 11.3 Å². The van der Waals surface area contributed by atoms with E-state index in [1.165, 1.54) is 23.5 Å². The van der Waals surface area contributed by atoms with Crippen LogP contribution in [0.25, 0.3) is 0 Å². The molecule has 4 nitrogen and oxygen atoms in total. The summed E-state index contributed by atoms with van der Waals surface area (Å²) in [6.45, 7) is -0.474. The summed E-state index contributed by atoms with van der Waals surface area (Å²) in [6, 6.07) is 17.7. The molecule has 3 aromatic rings. The van der Waals surface area contributed by atoms with Crippen LogP contribution in [0.4, 0.5) is 18.2 Å². The van der Waals surface area contributed by atoms with Gasteiger partial charge in [-0.1, -0.05) is 36.4 Å². The van der Waals surface area contributed by atoms with Gasteiger partial charge in [0.25, 0.3) is 5.91 Å². The van der Waals surface area contributed by atoms with Gasteiger partial charge in [0.1, 0.15) is 16.8 Å². The van der Waals surface area contributed by atoms with Crippen LogP contribution in [0.5, 0.6) is 5.75 Å². The molecule has 0 radical (unpaired) electrons. The van der Waals surface area contributed by atoms with Crippen molar-refractivity contribution in [1.29, 1.82) is 5.26 Å². The lowest BCUT2D eigenvalue weighted by Crippen LogP contribution is -2.20. The monoisotopic (exact) mass is 416 g/mol. The Morgan fingerprint density at radius 2 is 1.86 bits per heavy atom. The molecule has 0 aliphatic heterocycles. The number of rotatable bonds is 6. The van der Waals surface area contributed by atoms with Gasteiger partial charge in [-0.05, 0) is 29.8 Å². The predicted octanol–water partition coefficient (Wildman–Crippen LogP) is 5.25. The summed E-state index contributed by atoms with van der Waals surface area (Å²) in [7, 11) is 0. The van der Waals surface area contributed by atoms with Crippen molar-refractivity contribution in [3.63, 3.8) is 0 Å². The molecular weight excluding hydrogens is 401 g/mol. The van der Waals surface area contributed by atoms with Crippen molar-refractivity contribution >= 4 is 22.2 Å². The molecule has 0 fully saturated rings. The van der Waals surface area contributed by atoms with Gasteiger partial charge in [0.2, 0.25) is 0 Å². The fraction of sp³-hybridized carbons (Fsp3) is 0.143. The Hall–Kier alpha value is -3.31. The molecule has 2 aromatic carbocycles. The molecule has 0 aliphatic carbocycles. The molecule has 0 bridgehead atoms. The zero-order chi connectivity index (χ0) is 20.9. The van der Waals surface area contributed by atoms with E-state index in [1.54, 1.807) is 6.07 Å². The van der Waals surface area contributed by atoms with E-state index in [9.17, 15) is 23.2 Å². The van der Waals surface area contributed by atoms with E-state index in [4.69, 9.17) is 4.74 Å². The Morgan fingerprint density at radius 1 is 1.10 bits per heavy atom. The Bertz CT molecular complexity index is 1040. The first kappa shape index (κ1) is 20.4. The number of hydrogen-bond donors (Lipinski definition) is 1. The molecule has 148 valence electrons. The van der Waals surface area contributed by atoms with Gasteiger partial charge in [-0.25, -0.2) is 0 Å². The third-order valence-corrected chi connectivity index (χ3v) is 4.96. The number of benzene rings is 2. The minimum absolute atomic E-state index is 0.0635. The number of thiophene rings is 1. The van der Waals surface area contributed by atoms with Crippen LogP contribution in [0.15, 0.2) is 60.7 Å². The Morgan fingerprint density at radius 3 is 2.55 bits per heavy atom. The lowest BCUT2D eigenvalue weighted by molar-refractivity contribution is -0.137. The second-order valence-electron chi connectivity index (χ2n) is 6.09. The number of anilines is 1. The first-order valence-electron chi connectivity index (χ1n) is 8.52. The van der Waals surface area contributed by atoms with Gasteiger partial charge in [0.05, 0.1) is 11.1 Å². The molecular formula is C21H15F3N2O2S. The highest BCUT2D eigenvalue weighted by molar-refractivity contribution is 7.16. The zero-order valence-corrected chi connectivity index (χ0v) is 15.8. The minimum Gasteiger partial charge on any atom is -0.484 e. The van der Waals surface area contributed by atoms with Gasteiger partial charge in [0, 0.05) is 11.3 Å². The van der Waals surface area contributed by atoms with Gasteiger partial charge < -0.3 is 10.1 Å². The Balaban J connectivity index is 1.63. The second kappa shape index (κ2) is 8.80. The maximum atomic E-state index is 12.7. The van der Waals surface area contributed by atoms with E-state index in [0.29, 0.717) is 17.0 Å². The number of nitrogens with zero attached hydrogens (tertiary/aromatic N) is 1. The molecule has 0 saturated heterocycles. The zero-order valence-electron chi connectivity index (χ0n) is 15.0.